The molecule has 128 valence electrons. The summed E-state index contributed by atoms with van der Waals surface area (Å²) in [4.78, 5) is 2.65. The maximum atomic E-state index is 9.67. The maximum Gasteiger partial charge on any atom is 0.0610 e. The van der Waals surface area contributed by atoms with E-state index >= 15 is 0 Å². The van der Waals surface area contributed by atoms with Gasteiger partial charge < -0.3 is 15.3 Å². The Kier molecular flexibility index (Phi) is 10.5. The van der Waals surface area contributed by atoms with Crippen molar-refractivity contribution in [1.82, 2.24) is 10.2 Å². The van der Waals surface area contributed by atoms with E-state index in [-0.39, 0.29) is 12.1 Å². The van der Waals surface area contributed by atoms with Gasteiger partial charge in [0.15, 0.2) is 0 Å². The second-order valence-corrected chi connectivity index (χ2v) is 7.48. The molecule has 21 heavy (non-hydrogen) atoms. The first-order valence-electron chi connectivity index (χ1n) is 8.90. The Hall–Kier alpha value is -0.120. The standard InChI is InChI=1S/C18H40N2O/c1-8-17(9-2)20(13-15(3)4)12-10-11-18(7,14-21)19-16(5)6/h15-17,19,21H,8-14H2,1-7H3. The lowest BCUT2D eigenvalue weighted by Gasteiger charge is -2.35. The molecule has 2 N–H and O–H groups in total. The van der Waals surface area contributed by atoms with E-state index in [9.17, 15) is 5.11 Å². The minimum absolute atomic E-state index is 0.147. The van der Waals surface area contributed by atoms with Crippen LogP contribution in [0.4, 0.5) is 0 Å². The van der Waals surface area contributed by atoms with Crippen molar-refractivity contribution in [1.29, 1.82) is 0 Å². The van der Waals surface area contributed by atoms with E-state index in [0.717, 1.165) is 19.4 Å². The Bertz CT molecular complexity index is 252. The molecule has 0 aromatic rings. The summed E-state index contributed by atoms with van der Waals surface area (Å²) in [7, 11) is 0. The minimum atomic E-state index is -0.147. The zero-order valence-electron chi connectivity index (χ0n) is 15.6. The lowest BCUT2D eigenvalue weighted by atomic mass is 9.95. The van der Waals surface area contributed by atoms with Crippen LogP contribution in [-0.4, -0.2) is 47.3 Å². The molecule has 0 aromatic heterocycles. The van der Waals surface area contributed by atoms with E-state index in [2.05, 4.69) is 58.7 Å². The number of rotatable bonds is 12. The molecule has 0 saturated carbocycles. The van der Waals surface area contributed by atoms with Crippen molar-refractivity contribution >= 4 is 0 Å². The van der Waals surface area contributed by atoms with Crippen LogP contribution in [0.15, 0.2) is 0 Å². The quantitative estimate of drug-likeness (QED) is 0.577. The first-order valence-corrected chi connectivity index (χ1v) is 8.90. The maximum absolute atomic E-state index is 9.67. The summed E-state index contributed by atoms with van der Waals surface area (Å²) in [6.45, 7) is 18.1. The monoisotopic (exact) mass is 300 g/mol. The van der Waals surface area contributed by atoms with Gasteiger partial charge >= 0.3 is 0 Å². The highest BCUT2D eigenvalue weighted by molar-refractivity contribution is 4.84. The minimum Gasteiger partial charge on any atom is -0.394 e. The smallest absolute Gasteiger partial charge is 0.0610 e. The van der Waals surface area contributed by atoms with Gasteiger partial charge in [0, 0.05) is 24.2 Å². The number of hydrogen-bond donors (Lipinski definition) is 2. The fourth-order valence-corrected chi connectivity index (χ4v) is 3.26. The molecule has 0 aliphatic rings. The molecular formula is C18H40N2O. The Labute approximate surface area is 133 Å². The molecule has 0 radical (unpaired) electrons. The van der Waals surface area contributed by atoms with Crippen molar-refractivity contribution in [2.45, 2.75) is 91.8 Å². The molecule has 0 amide bonds. The lowest BCUT2D eigenvalue weighted by Crippen LogP contribution is -2.49. The molecule has 1 unspecified atom stereocenters. The van der Waals surface area contributed by atoms with Crippen LogP contribution in [0.2, 0.25) is 0 Å². The molecule has 0 rings (SSSR count). The van der Waals surface area contributed by atoms with E-state index in [1.54, 1.807) is 0 Å². The normalized spacial score (nSPS) is 15.4. The highest BCUT2D eigenvalue weighted by Gasteiger charge is 2.24. The predicted octanol–water partition coefficient (Wildman–Crippen LogP) is 3.66. The van der Waals surface area contributed by atoms with Crippen LogP contribution in [0.25, 0.3) is 0 Å². The molecule has 0 aromatic carbocycles. The van der Waals surface area contributed by atoms with Crippen molar-refractivity contribution in [2.24, 2.45) is 5.92 Å². The van der Waals surface area contributed by atoms with Gasteiger partial charge in [0.2, 0.25) is 0 Å². The van der Waals surface area contributed by atoms with Gasteiger partial charge in [0.25, 0.3) is 0 Å². The molecule has 0 aliphatic heterocycles. The van der Waals surface area contributed by atoms with E-state index < -0.39 is 0 Å². The van der Waals surface area contributed by atoms with Crippen LogP contribution in [0, 0.1) is 5.92 Å². The molecule has 3 heteroatoms. The van der Waals surface area contributed by atoms with Crippen molar-refractivity contribution in [3.8, 4) is 0 Å². The van der Waals surface area contributed by atoms with Gasteiger partial charge in [-0.2, -0.15) is 0 Å². The van der Waals surface area contributed by atoms with Gasteiger partial charge in [-0.1, -0.05) is 41.5 Å². The average Bonchev–Trinajstić information content (AvgIpc) is 2.38. The number of aliphatic hydroxyl groups excluding tert-OH is 1. The molecule has 0 bridgehead atoms. The van der Waals surface area contributed by atoms with Crippen molar-refractivity contribution in [3.63, 3.8) is 0 Å². The first kappa shape index (κ1) is 20.9. The molecule has 1 atom stereocenters. The van der Waals surface area contributed by atoms with Crippen molar-refractivity contribution < 1.29 is 5.11 Å². The zero-order chi connectivity index (χ0) is 16.5. The first-order chi connectivity index (χ1) is 9.77. The van der Waals surface area contributed by atoms with Gasteiger partial charge in [-0.3, -0.25) is 0 Å². The van der Waals surface area contributed by atoms with E-state index in [1.807, 2.05) is 0 Å². The largest absolute Gasteiger partial charge is 0.394 e. The van der Waals surface area contributed by atoms with Crippen LogP contribution in [0.5, 0.6) is 0 Å². The summed E-state index contributed by atoms with van der Waals surface area (Å²) < 4.78 is 0. The number of aliphatic hydroxyl groups is 1. The second kappa shape index (κ2) is 10.6. The van der Waals surface area contributed by atoms with Crippen LogP contribution in [0.3, 0.4) is 0 Å². The fraction of sp³-hybridized carbons (Fsp3) is 1.00. The lowest BCUT2D eigenvalue weighted by molar-refractivity contribution is 0.131. The summed E-state index contributed by atoms with van der Waals surface area (Å²) >= 11 is 0. The Morgan fingerprint density at radius 1 is 1.10 bits per heavy atom. The highest BCUT2D eigenvalue weighted by Crippen LogP contribution is 2.17. The summed E-state index contributed by atoms with van der Waals surface area (Å²) in [5, 5.41) is 13.2. The highest BCUT2D eigenvalue weighted by atomic mass is 16.3. The molecule has 0 aliphatic carbocycles. The van der Waals surface area contributed by atoms with Gasteiger partial charge in [0.1, 0.15) is 0 Å². The molecule has 0 saturated heterocycles. The number of hydrogen-bond acceptors (Lipinski definition) is 3. The van der Waals surface area contributed by atoms with E-state index in [0.29, 0.717) is 18.0 Å². The van der Waals surface area contributed by atoms with Crippen LogP contribution < -0.4 is 5.32 Å². The third-order valence-electron chi connectivity index (χ3n) is 4.22. The molecule has 0 heterocycles. The van der Waals surface area contributed by atoms with Crippen molar-refractivity contribution in [2.75, 3.05) is 19.7 Å². The average molecular weight is 301 g/mol. The summed E-state index contributed by atoms with van der Waals surface area (Å²) in [5.41, 5.74) is -0.147. The molecule has 3 nitrogen and oxygen atoms in total. The van der Waals surface area contributed by atoms with E-state index in [4.69, 9.17) is 0 Å². The fourth-order valence-electron chi connectivity index (χ4n) is 3.26. The second-order valence-electron chi connectivity index (χ2n) is 7.48. The Balaban J connectivity index is 4.46. The third kappa shape index (κ3) is 8.80. The number of nitrogens with zero attached hydrogens (tertiary/aromatic N) is 1. The molecule has 0 fully saturated rings. The number of nitrogens with one attached hydrogen (secondary N) is 1. The SMILES string of the molecule is CCC(CC)N(CCCC(C)(CO)NC(C)C)CC(C)C. The van der Waals surface area contributed by atoms with Gasteiger partial charge in [-0.25, -0.2) is 0 Å². The Morgan fingerprint density at radius 3 is 2.05 bits per heavy atom. The molecule has 0 spiro atoms. The third-order valence-corrected chi connectivity index (χ3v) is 4.22. The van der Waals surface area contributed by atoms with Crippen LogP contribution in [-0.2, 0) is 0 Å². The van der Waals surface area contributed by atoms with Gasteiger partial charge in [-0.15, -0.1) is 0 Å². The summed E-state index contributed by atoms with van der Waals surface area (Å²) in [6.07, 6.45) is 4.62. The van der Waals surface area contributed by atoms with E-state index in [1.165, 1.54) is 19.4 Å². The predicted molar refractivity (Wildman–Crippen MR) is 93.8 cm³/mol. The Morgan fingerprint density at radius 2 is 1.67 bits per heavy atom. The summed E-state index contributed by atoms with van der Waals surface area (Å²) in [5.74, 6) is 0.712. The topological polar surface area (TPSA) is 35.5 Å². The van der Waals surface area contributed by atoms with Gasteiger partial charge in [-0.05, 0) is 45.1 Å². The van der Waals surface area contributed by atoms with Crippen LogP contribution in [0.1, 0.15) is 74.1 Å². The summed E-state index contributed by atoms with van der Waals surface area (Å²) in [6, 6.07) is 1.11. The molecular weight excluding hydrogens is 260 g/mol. The van der Waals surface area contributed by atoms with Gasteiger partial charge in [0.05, 0.1) is 6.61 Å². The van der Waals surface area contributed by atoms with Crippen LogP contribution >= 0.6 is 0 Å². The zero-order valence-corrected chi connectivity index (χ0v) is 15.6. The van der Waals surface area contributed by atoms with Crippen molar-refractivity contribution in [3.05, 3.63) is 0 Å².